The molecule has 0 N–H and O–H groups in total. The van der Waals surface area contributed by atoms with E-state index in [-0.39, 0.29) is 23.0 Å². The van der Waals surface area contributed by atoms with Crippen LogP contribution in [0.25, 0.3) is 81.0 Å². The number of benzene rings is 9. The molecule has 11 aromatic rings. The fourth-order valence-corrected chi connectivity index (χ4v) is 12.8. The molecular weight excluding hydrogens is 864 g/mol. The summed E-state index contributed by atoms with van der Waals surface area (Å²) < 4.78 is 5.29. The molecule has 0 spiro atoms. The van der Waals surface area contributed by atoms with Crippen LogP contribution in [0.2, 0.25) is 0 Å². The lowest BCUT2D eigenvalue weighted by molar-refractivity contribution is 0.590. The van der Waals surface area contributed by atoms with Gasteiger partial charge < -0.3 is 9.47 Å². The Hall–Kier alpha value is -7.14. The van der Waals surface area contributed by atoms with Gasteiger partial charge in [0, 0.05) is 64.7 Å². The summed E-state index contributed by atoms with van der Waals surface area (Å²) in [7, 11) is 0. The molecule has 2 aliphatic heterocycles. The Bertz CT molecular complexity index is 3870. The molecule has 0 unspecified atom stereocenters. The molecule has 2 nitrogen and oxygen atoms in total. The summed E-state index contributed by atoms with van der Waals surface area (Å²) >= 11 is 1.92. The second kappa shape index (κ2) is 15.2. The van der Waals surface area contributed by atoms with Crippen LogP contribution >= 0.6 is 11.3 Å². The molecule has 0 saturated heterocycles. The molecule has 0 aliphatic carbocycles. The van der Waals surface area contributed by atoms with Crippen molar-refractivity contribution in [1.82, 2.24) is 4.57 Å². The predicted octanol–water partition coefficient (Wildman–Crippen LogP) is 16.7. The van der Waals surface area contributed by atoms with Gasteiger partial charge in [-0.2, -0.15) is 0 Å². The molecule has 4 heterocycles. The van der Waals surface area contributed by atoms with Gasteiger partial charge in [0.05, 0.1) is 11.2 Å². The second-order valence-electron chi connectivity index (χ2n) is 23.0. The van der Waals surface area contributed by atoms with Gasteiger partial charge >= 0.3 is 0 Å². The van der Waals surface area contributed by atoms with Crippen LogP contribution in [-0.2, 0) is 16.2 Å². The van der Waals surface area contributed by atoms with Crippen molar-refractivity contribution in [1.29, 1.82) is 0 Å². The van der Waals surface area contributed by atoms with Crippen LogP contribution in [0.3, 0.4) is 0 Å². The van der Waals surface area contributed by atoms with Crippen molar-refractivity contribution in [3.05, 3.63) is 199 Å². The molecule has 2 aliphatic rings. The summed E-state index contributed by atoms with van der Waals surface area (Å²) in [6.45, 7) is 21.2. The average molecular weight is 921 g/mol. The standard InChI is InChI=1S/C66H57BN2S/c1-64(2,3)44-29-30-55-50(33-44)52-36-46(66(7,8)9)37-54-63(52)68(55)57-31-43(40-21-13-10-14-22-40)32-58-61(57)67(54)53-39-60-51(47-27-19-20-28-59(47)70-60)38-56(53)69(58)62-48(41-23-15-11-16-24-41)34-45(65(4,5)6)35-49(62)42-25-17-12-18-26-42/h10-39H,1-9H3. The molecular formula is C66H57BN2S. The Balaban J connectivity index is 1.27. The van der Waals surface area contributed by atoms with E-state index in [1.54, 1.807) is 0 Å². The highest BCUT2D eigenvalue weighted by molar-refractivity contribution is 7.26. The van der Waals surface area contributed by atoms with E-state index in [0.29, 0.717) is 0 Å². The average Bonchev–Trinajstić information content (AvgIpc) is 3.89. The summed E-state index contributed by atoms with van der Waals surface area (Å²) in [5.41, 5.74) is 22.6. The molecule has 13 rings (SSSR count). The molecule has 0 atom stereocenters. The lowest BCUT2D eigenvalue weighted by atomic mass is 9.33. The number of nitrogens with zero attached hydrogens (tertiary/aromatic N) is 2. The van der Waals surface area contributed by atoms with Gasteiger partial charge in [-0.3, -0.25) is 0 Å². The first-order valence-electron chi connectivity index (χ1n) is 25.0. The zero-order valence-corrected chi connectivity index (χ0v) is 42.5. The van der Waals surface area contributed by atoms with Gasteiger partial charge in [-0.15, -0.1) is 11.3 Å². The fourth-order valence-electron chi connectivity index (χ4n) is 11.7. The maximum absolute atomic E-state index is 2.71. The first kappa shape index (κ1) is 42.9. The highest BCUT2D eigenvalue weighted by Crippen LogP contribution is 2.52. The zero-order valence-electron chi connectivity index (χ0n) is 41.7. The van der Waals surface area contributed by atoms with Crippen LogP contribution in [0.15, 0.2) is 182 Å². The van der Waals surface area contributed by atoms with Crippen LogP contribution in [0, 0.1) is 0 Å². The van der Waals surface area contributed by atoms with E-state index in [1.807, 2.05) is 11.3 Å². The van der Waals surface area contributed by atoms with Gasteiger partial charge in [0.1, 0.15) is 0 Å². The topological polar surface area (TPSA) is 8.17 Å². The third kappa shape index (κ3) is 6.52. The molecule has 0 radical (unpaired) electrons. The van der Waals surface area contributed by atoms with Crippen molar-refractivity contribution < 1.29 is 0 Å². The van der Waals surface area contributed by atoms with Gasteiger partial charge in [0.25, 0.3) is 6.71 Å². The number of fused-ring (bicyclic) bond motifs is 10. The van der Waals surface area contributed by atoms with E-state index >= 15 is 0 Å². The predicted molar refractivity (Wildman–Crippen MR) is 305 cm³/mol. The van der Waals surface area contributed by atoms with Crippen molar-refractivity contribution in [3.63, 3.8) is 0 Å². The molecule has 0 bridgehead atoms. The Labute approximate surface area is 417 Å². The minimum Gasteiger partial charge on any atom is -0.310 e. The minimum absolute atomic E-state index is 0.00517. The molecule has 70 heavy (non-hydrogen) atoms. The maximum atomic E-state index is 2.71. The molecule has 340 valence electrons. The van der Waals surface area contributed by atoms with Crippen molar-refractivity contribution in [2.75, 3.05) is 4.90 Å². The van der Waals surface area contributed by atoms with Crippen LogP contribution in [-0.4, -0.2) is 11.3 Å². The fraction of sp³-hybridized carbons (Fsp3) is 0.182. The Morgan fingerprint density at radius 2 is 0.943 bits per heavy atom. The van der Waals surface area contributed by atoms with E-state index < -0.39 is 0 Å². The van der Waals surface area contributed by atoms with Crippen LogP contribution in [0.5, 0.6) is 0 Å². The number of aromatic nitrogens is 1. The highest BCUT2D eigenvalue weighted by Gasteiger charge is 2.44. The van der Waals surface area contributed by atoms with Gasteiger partial charge in [-0.25, -0.2) is 0 Å². The van der Waals surface area contributed by atoms with E-state index in [1.165, 1.54) is 131 Å². The van der Waals surface area contributed by atoms with Crippen LogP contribution < -0.4 is 21.3 Å². The van der Waals surface area contributed by atoms with Gasteiger partial charge in [-0.05, 0) is 132 Å². The third-order valence-electron chi connectivity index (χ3n) is 15.4. The van der Waals surface area contributed by atoms with Crippen molar-refractivity contribution in [2.45, 2.75) is 78.6 Å². The van der Waals surface area contributed by atoms with Gasteiger partial charge in [0.15, 0.2) is 0 Å². The number of hydrogen-bond acceptors (Lipinski definition) is 2. The summed E-state index contributed by atoms with van der Waals surface area (Å²) in [6, 6.07) is 69.9. The summed E-state index contributed by atoms with van der Waals surface area (Å²) in [4.78, 5) is 2.71. The Morgan fingerprint density at radius 1 is 0.386 bits per heavy atom. The number of anilines is 3. The molecule has 2 aromatic heterocycles. The highest BCUT2D eigenvalue weighted by atomic mass is 32.1. The van der Waals surface area contributed by atoms with Gasteiger partial charge in [0.2, 0.25) is 0 Å². The Morgan fingerprint density at radius 3 is 1.57 bits per heavy atom. The monoisotopic (exact) mass is 920 g/mol. The van der Waals surface area contributed by atoms with Gasteiger partial charge in [-0.1, -0.05) is 184 Å². The smallest absolute Gasteiger partial charge is 0.252 e. The summed E-state index contributed by atoms with van der Waals surface area (Å²) in [5.74, 6) is 0. The molecule has 4 heteroatoms. The number of thiophene rings is 1. The largest absolute Gasteiger partial charge is 0.310 e. The van der Waals surface area contributed by atoms with Crippen LogP contribution in [0.4, 0.5) is 17.1 Å². The maximum Gasteiger partial charge on any atom is 0.252 e. The van der Waals surface area contributed by atoms with Crippen LogP contribution in [0.1, 0.15) is 79.0 Å². The summed E-state index contributed by atoms with van der Waals surface area (Å²) in [5, 5.41) is 5.26. The van der Waals surface area contributed by atoms with E-state index in [4.69, 9.17) is 0 Å². The SMILES string of the molecule is CC(C)(C)c1cc(-c2ccccc2)c(N2c3cc4c(cc3B3c5c2cc(-c2ccccc2)cc5-n2c5ccc(C(C)(C)C)cc5c5cc(C(C)(C)C)cc3c52)sc2ccccc24)c(-c2ccccc2)c1. The van der Waals surface area contributed by atoms with E-state index in [9.17, 15) is 0 Å². The lowest BCUT2D eigenvalue weighted by Gasteiger charge is -2.42. The lowest BCUT2D eigenvalue weighted by Crippen LogP contribution is -2.60. The molecule has 0 amide bonds. The van der Waals surface area contributed by atoms with Crippen molar-refractivity contribution >= 4 is 93.5 Å². The third-order valence-corrected chi connectivity index (χ3v) is 16.5. The normalized spacial score (nSPS) is 13.4. The Kier molecular flexibility index (Phi) is 9.31. The second-order valence-corrected chi connectivity index (χ2v) is 24.1. The zero-order chi connectivity index (χ0) is 48.0. The number of hydrogen-bond donors (Lipinski definition) is 0. The van der Waals surface area contributed by atoms with Crippen molar-refractivity contribution in [2.24, 2.45) is 0 Å². The minimum atomic E-state index is -0.104. The number of rotatable bonds is 4. The van der Waals surface area contributed by atoms with E-state index in [2.05, 4.69) is 254 Å². The quantitative estimate of drug-likeness (QED) is 0.160. The summed E-state index contributed by atoms with van der Waals surface area (Å²) in [6.07, 6.45) is 0. The molecule has 0 saturated carbocycles. The molecule has 9 aromatic carbocycles. The van der Waals surface area contributed by atoms with E-state index in [0.717, 1.165) is 0 Å². The molecule has 0 fully saturated rings. The first-order chi connectivity index (χ1) is 33.6. The van der Waals surface area contributed by atoms with Crippen molar-refractivity contribution in [3.8, 4) is 39.1 Å². The first-order valence-corrected chi connectivity index (χ1v) is 25.8.